The van der Waals surface area contributed by atoms with Crippen LogP contribution in [-0.2, 0) is 0 Å². The van der Waals surface area contributed by atoms with Crippen LogP contribution in [0.3, 0.4) is 0 Å². The lowest BCUT2D eigenvalue weighted by atomic mass is 10.1. The Morgan fingerprint density at radius 2 is 2.00 bits per heavy atom. The Bertz CT molecular complexity index is 91.1. The third kappa shape index (κ3) is 7.76. The lowest BCUT2D eigenvalue weighted by Gasteiger charge is -1.99. The third-order valence-electron chi connectivity index (χ3n) is 0.874. The Labute approximate surface area is 62.4 Å². The van der Waals surface area contributed by atoms with Gasteiger partial charge in [0.1, 0.15) is 0 Å². The molecular weight excluding hydrogens is 138 g/mol. The summed E-state index contributed by atoms with van der Waals surface area (Å²) in [6, 6.07) is 0. The van der Waals surface area contributed by atoms with Crippen molar-refractivity contribution in [2.45, 2.75) is 27.2 Å². The van der Waals surface area contributed by atoms with E-state index in [1.807, 2.05) is 6.92 Å². The van der Waals surface area contributed by atoms with Gasteiger partial charge in [-0.3, -0.25) is 0 Å². The topological polar surface area (TPSA) is 32.6 Å². The first-order valence-corrected chi connectivity index (χ1v) is 2.84. The van der Waals surface area contributed by atoms with Gasteiger partial charge in [0, 0.05) is 0 Å². The van der Waals surface area contributed by atoms with Gasteiger partial charge in [-0.2, -0.15) is 0 Å². The molecule has 0 fully saturated rings. The summed E-state index contributed by atoms with van der Waals surface area (Å²) in [7, 11) is 0. The molecule has 0 amide bonds. The fourth-order valence-electron chi connectivity index (χ4n) is 0.632. The summed E-state index contributed by atoms with van der Waals surface area (Å²) in [6.45, 7) is 6.00. The standard InChI is InChI=1S/C6H13NO.ClH/c1-5(2)4-6(3)7-8;/h5,8H,4H2,1-3H3;1H/b7-6-;. The fraction of sp³-hybridized carbons (Fsp3) is 0.833. The smallest absolute Gasteiger partial charge is 0.0542 e. The molecule has 3 heteroatoms. The summed E-state index contributed by atoms with van der Waals surface area (Å²) in [5.41, 5.74) is 0.806. The molecule has 0 aromatic heterocycles. The van der Waals surface area contributed by atoms with Gasteiger partial charge in [0.15, 0.2) is 0 Å². The molecule has 0 aliphatic rings. The first-order valence-electron chi connectivity index (χ1n) is 2.84. The molecule has 2 nitrogen and oxygen atoms in total. The molecule has 0 heterocycles. The average molecular weight is 152 g/mol. The van der Waals surface area contributed by atoms with E-state index in [0.717, 1.165) is 12.1 Å². The number of halogens is 1. The van der Waals surface area contributed by atoms with Crippen molar-refractivity contribution in [3.05, 3.63) is 0 Å². The minimum absolute atomic E-state index is 0. The van der Waals surface area contributed by atoms with Crippen LogP contribution in [0.15, 0.2) is 5.16 Å². The number of hydrogen-bond donors (Lipinski definition) is 1. The maximum atomic E-state index is 8.17. The molecule has 0 aromatic rings. The number of nitrogens with zero attached hydrogens (tertiary/aromatic N) is 1. The van der Waals surface area contributed by atoms with Crippen LogP contribution in [0, 0.1) is 5.92 Å². The zero-order valence-electron chi connectivity index (χ0n) is 6.09. The van der Waals surface area contributed by atoms with E-state index in [-0.39, 0.29) is 12.4 Å². The Morgan fingerprint density at radius 3 is 2.11 bits per heavy atom. The molecule has 0 aliphatic heterocycles. The first kappa shape index (κ1) is 11.5. The van der Waals surface area contributed by atoms with E-state index in [0.29, 0.717) is 5.92 Å². The van der Waals surface area contributed by atoms with Crippen molar-refractivity contribution >= 4 is 18.1 Å². The minimum Gasteiger partial charge on any atom is -0.411 e. The molecule has 56 valence electrons. The summed E-state index contributed by atoms with van der Waals surface area (Å²) >= 11 is 0. The van der Waals surface area contributed by atoms with E-state index in [4.69, 9.17) is 5.21 Å². The summed E-state index contributed by atoms with van der Waals surface area (Å²) in [5, 5.41) is 11.2. The zero-order chi connectivity index (χ0) is 6.57. The molecule has 0 spiro atoms. The van der Waals surface area contributed by atoms with Gasteiger partial charge in [-0.15, -0.1) is 12.4 Å². The predicted octanol–water partition coefficient (Wildman–Crippen LogP) is 2.30. The maximum absolute atomic E-state index is 8.17. The Kier molecular flexibility index (Phi) is 7.55. The molecule has 0 unspecified atom stereocenters. The SMILES string of the molecule is C/C(CC(C)C)=N/O.Cl. The van der Waals surface area contributed by atoms with Crippen LogP contribution in [0.2, 0.25) is 0 Å². The molecule has 0 saturated carbocycles. The van der Waals surface area contributed by atoms with Gasteiger partial charge in [0.2, 0.25) is 0 Å². The third-order valence-corrected chi connectivity index (χ3v) is 0.874. The highest BCUT2D eigenvalue weighted by atomic mass is 35.5. The number of oxime groups is 1. The number of hydrogen-bond acceptors (Lipinski definition) is 2. The largest absolute Gasteiger partial charge is 0.411 e. The average Bonchev–Trinajstić information content (AvgIpc) is 1.65. The first-order chi connectivity index (χ1) is 3.66. The summed E-state index contributed by atoms with van der Waals surface area (Å²) in [6.07, 6.45) is 0.885. The van der Waals surface area contributed by atoms with Crippen molar-refractivity contribution in [2.75, 3.05) is 0 Å². The predicted molar refractivity (Wildman–Crippen MR) is 41.6 cm³/mol. The molecule has 0 aromatic carbocycles. The van der Waals surface area contributed by atoms with Crippen LogP contribution in [0.1, 0.15) is 27.2 Å². The van der Waals surface area contributed by atoms with Crippen LogP contribution < -0.4 is 0 Å². The van der Waals surface area contributed by atoms with E-state index in [1.54, 1.807) is 0 Å². The van der Waals surface area contributed by atoms with Crippen LogP contribution in [-0.4, -0.2) is 10.9 Å². The van der Waals surface area contributed by atoms with E-state index < -0.39 is 0 Å². The second-order valence-electron chi connectivity index (χ2n) is 2.43. The van der Waals surface area contributed by atoms with E-state index in [1.165, 1.54) is 0 Å². The molecule has 1 N–H and O–H groups in total. The molecule has 0 bridgehead atoms. The van der Waals surface area contributed by atoms with Gasteiger partial charge < -0.3 is 5.21 Å². The van der Waals surface area contributed by atoms with E-state index >= 15 is 0 Å². The lowest BCUT2D eigenvalue weighted by molar-refractivity contribution is 0.316. The van der Waals surface area contributed by atoms with Gasteiger partial charge in [-0.05, 0) is 19.3 Å². The van der Waals surface area contributed by atoms with Gasteiger partial charge in [0.25, 0.3) is 0 Å². The Hall–Kier alpha value is -0.240. The molecular formula is C6H14ClNO. The van der Waals surface area contributed by atoms with Gasteiger partial charge in [0.05, 0.1) is 5.71 Å². The summed E-state index contributed by atoms with van der Waals surface area (Å²) in [5.74, 6) is 0.589. The quantitative estimate of drug-likeness (QED) is 0.367. The molecule has 9 heavy (non-hydrogen) atoms. The van der Waals surface area contributed by atoms with Crippen LogP contribution in [0.5, 0.6) is 0 Å². The monoisotopic (exact) mass is 151 g/mol. The molecule has 0 radical (unpaired) electrons. The van der Waals surface area contributed by atoms with E-state index in [9.17, 15) is 0 Å². The van der Waals surface area contributed by atoms with Gasteiger partial charge >= 0.3 is 0 Å². The molecule has 0 rings (SSSR count). The lowest BCUT2D eigenvalue weighted by Crippen LogP contribution is -1.96. The normalized spacial score (nSPS) is 11.3. The maximum Gasteiger partial charge on any atom is 0.0542 e. The highest BCUT2D eigenvalue weighted by Gasteiger charge is 1.95. The molecule has 0 atom stereocenters. The van der Waals surface area contributed by atoms with Gasteiger partial charge in [-0.25, -0.2) is 0 Å². The molecule has 0 aliphatic carbocycles. The zero-order valence-corrected chi connectivity index (χ0v) is 6.90. The van der Waals surface area contributed by atoms with Crippen molar-refractivity contribution in [3.63, 3.8) is 0 Å². The second kappa shape index (κ2) is 5.89. The van der Waals surface area contributed by atoms with Crippen LogP contribution in [0.4, 0.5) is 0 Å². The Morgan fingerprint density at radius 1 is 1.56 bits per heavy atom. The van der Waals surface area contributed by atoms with Crippen LogP contribution >= 0.6 is 12.4 Å². The highest BCUT2D eigenvalue weighted by molar-refractivity contribution is 5.85. The van der Waals surface area contributed by atoms with Gasteiger partial charge in [-0.1, -0.05) is 19.0 Å². The minimum atomic E-state index is 0. The summed E-state index contributed by atoms with van der Waals surface area (Å²) in [4.78, 5) is 0. The van der Waals surface area contributed by atoms with Crippen molar-refractivity contribution in [1.29, 1.82) is 0 Å². The van der Waals surface area contributed by atoms with Crippen molar-refractivity contribution in [2.24, 2.45) is 11.1 Å². The molecule has 0 saturated heterocycles. The number of rotatable bonds is 2. The summed E-state index contributed by atoms with van der Waals surface area (Å²) < 4.78 is 0. The van der Waals surface area contributed by atoms with Crippen molar-refractivity contribution in [1.82, 2.24) is 0 Å². The fourth-order valence-corrected chi connectivity index (χ4v) is 0.632. The highest BCUT2D eigenvalue weighted by Crippen LogP contribution is 1.99. The van der Waals surface area contributed by atoms with E-state index in [2.05, 4.69) is 19.0 Å². The van der Waals surface area contributed by atoms with Crippen molar-refractivity contribution in [3.8, 4) is 0 Å². The second-order valence-corrected chi connectivity index (χ2v) is 2.43. The Balaban J connectivity index is 0. The van der Waals surface area contributed by atoms with Crippen molar-refractivity contribution < 1.29 is 5.21 Å². The van der Waals surface area contributed by atoms with Crippen LogP contribution in [0.25, 0.3) is 0 Å².